The number of alkyl halides is 1. The normalized spacial score (nSPS) is 20.1. The van der Waals surface area contributed by atoms with E-state index in [0.717, 1.165) is 0 Å². The third-order valence-corrected chi connectivity index (χ3v) is 4.73. The van der Waals surface area contributed by atoms with Crippen molar-refractivity contribution in [2.45, 2.75) is 6.17 Å². The van der Waals surface area contributed by atoms with Crippen LogP contribution in [0.25, 0.3) is 0 Å². The number of rotatable bonds is 2. The van der Waals surface area contributed by atoms with E-state index in [1.54, 1.807) is 58.2 Å². The van der Waals surface area contributed by atoms with Crippen LogP contribution in [0.5, 0.6) is 0 Å². The summed E-state index contributed by atoms with van der Waals surface area (Å²) in [7, 11) is 1.81. The van der Waals surface area contributed by atoms with Crippen LogP contribution in [0.15, 0.2) is 52.8 Å². The lowest BCUT2D eigenvalue weighted by Crippen LogP contribution is -2.51. The van der Waals surface area contributed by atoms with Gasteiger partial charge in [-0.3, -0.25) is 9.59 Å². The Morgan fingerprint density at radius 2 is 1.82 bits per heavy atom. The van der Waals surface area contributed by atoms with E-state index in [1.165, 1.54) is 0 Å². The van der Waals surface area contributed by atoms with Gasteiger partial charge in [-0.25, -0.2) is 14.4 Å². The molecule has 8 nitrogen and oxygen atoms in total. The molecule has 2 aliphatic rings. The maximum Gasteiger partial charge on any atom is 0.289 e. The number of nitrogens with zero attached hydrogens (tertiary/aromatic N) is 6. The number of aliphatic imine (C=N–C) groups is 2. The van der Waals surface area contributed by atoms with Crippen LogP contribution in [-0.2, 0) is 11.8 Å². The van der Waals surface area contributed by atoms with E-state index in [9.17, 15) is 14.0 Å². The Hall–Kier alpha value is -3.36. The average molecular weight is 382 g/mol. The van der Waals surface area contributed by atoms with Crippen molar-refractivity contribution < 1.29 is 14.0 Å². The van der Waals surface area contributed by atoms with Crippen LogP contribution in [0.3, 0.4) is 0 Å². The predicted octanol–water partition coefficient (Wildman–Crippen LogP) is 0.902. The van der Waals surface area contributed by atoms with Gasteiger partial charge in [0.15, 0.2) is 0 Å². The summed E-state index contributed by atoms with van der Waals surface area (Å²) in [5.41, 5.74) is 1.02. The minimum absolute atomic E-state index is 0.0718. The zero-order valence-corrected chi connectivity index (χ0v) is 15.3. The number of aromatic nitrogens is 2. The Morgan fingerprint density at radius 3 is 2.46 bits per heavy atom. The molecule has 4 rings (SSSR count). The Kier molecular flexibility index (Phi) is 4.72. The van der Waals surface area contributed by atoms with Crippen molar-refractivity contribution in [3.63, 3.8) is 0 Å². The number of carbonyl (C=O) groups excluding carboxylic acids is 2. The van der Waals surface area contributed by atoms with Gasteiger partial charge in [-0.1, -0.05) is 30.3 Å². The second kappa shape index (κ2) is 7.34. The minimum Gasteiger partial charge on any atom is -0.340 e. The molecule has 0 radical (unpaired) electrons. The van der Waals surface area contributed by atoms with Gasteiger partial charge in [0.1, 0.15) is 5.69 Å². The molecule has 1 aromatic carbocycles. The van der Waals surface area contributed by atoms with Crippen LogP contribution in [0.1, 0.15) is 16.1 Å². The summed E-state index contributed by atoms with van der Waals surface area (Å²) in [6, 6.07) is 8.77. The molecular formula is C19H19FN6O2. The number of imidazole rings is 1. The summed E-state index contributed by atoms with van der Waals surface area (Å²) < 4.78 is 16.1. The van der Waals surface area contributed by atoms with Crippen molar-refractivity contribution in [1.82, 2.24) is 19.4 Å². The van der Waals surface area contributed by atoms with Crippen molar-refractivity contribution in [2.24, 2.45) is 17.0 Å². The smallest absolute Gasteiger partial charge is 0.289 e. The number of carbonyl (C=O) groups is 2. The molecule has 1 fully saturated rings. The zero-order chi connectivity index (χ0) is 19.7. The van der Waals surface area contributed by atoms with E-state index in [4.69, 9.17) is 0 Å². The molecule has 9 heteroatoms. The Labute approximate surface area is 161 Å². The largest absolute Gasteiger partial charge is 0.340 e. The van der Waals surface area contributed by atoms with E-state index in [1.807, 2.05) is 6.07 Å². The number of hydrogen-bond acceptors (Lipinski definition) is 5. The monoisotopic (exact) mass is 382 g/mol. The van der Waals surface area contributed by atoms with Crippen LogP contribution in [0.4, 0.5) is 4.39 Å². The summed E-state index contributed by atoms with van der Waals surface area (Å²) in [6.45, 7) is 1.79. The first-order valence-electron chi connectivity index (χ1n) is 8.96. The summed E-state index contributed by atoms with van der Waals surface area (Å²) in [6.07, 6.45) is 1.40. The molecule has 1 atom stereocenters. The first-order chi connectivity index (χ1) is 13.5. The molecule has 3 heterocycles. The van der Waals surface area contributed by atoms with E-state index < -0.39 is 12.1 Å². The molecule has 1 saturated heterocycles. The van der Waals surface area contributed by atoms with Crippen molar-refractivity contribution >= 4 is 23.5 Å². The lowest BCUT2D eigenvalue weighted by molar-refractivity contribution is -0.120. The fraction of sp³-hybridized carbons (Fsp3) is 0.316. The molecule has 0 N–H and O–H groups in total. The molecule has 1 unspecified atom stereocenters. The van der Waals surface area contributed by atoms with Gasteiger partial charge in [-0.05, 0) is 5.56 Å². The molecule has 1 aromatic heterocycles. The molecular weight excluding hydrogens is 363 g/mol. The summed E-state index contributed by atoms with van der Waals surface area (Å²) >= 11 is 0. The second-order valence-corrected chi connectivity index (χ2v) is 6.68. The first kappa shape index (κ1) is 18.0. The Balaban J connectivity index is 1.48. The summed E-state index contributed by atoms with van der Waals surface area (Å²) in [4.78, 5) is 40.3. The highest BCUT2D eigenvalue weighted by Gasteiger charge is 2.33. The fourth-order valence-electron chi connectivity index (χ4n) is 3.22. The van der Waals surface area contributed by atoms with Crippen molar-refractivity contribution in [2.75, 3.05) is 26.2 Å². The van der Waals surface area contributed by atoms with E-state index in [0.29, 0.717) is 37.4 Å². The Bertz CT molecular complexity index is 960. The highest BCUT2D eigenvalue weighted by Crippen LogP contribution is 2.17. The molecule has 2 aromatic rings. The van der Waals surface area contributed by atoms with Crippen molar-refractivity contribution in [3.8, 4) is 0 Å². The lowest BCUT2D eigenvalue weighted by Gasteiger charge is -2.35. The van der Waals surface area contributed by atoms with Gasteiger partial charge in [0.05, 0.1) is 12.0 Å². The number of hydrogen-bond donors (Lipinski definition) is 0. The fourth-order valence-corrected chi connectivity index (χ4v) is 3.22. The highest BCUT2D eigenvalue weighted by molar-refractivity contribution is 6.23. The highest BCUT2D eigenvalue weighted by atomic mass is 19.1. The molecule has 144 valence electrons. The van der Waals surface area contributed by atoms with Gasteiger partial charge in [-0.15, -0.1) is 0 Å². The molecule has 28 heavy (non-hydrogen) atoms. The lowest BCUT2D eigenvalue weighted by atomic mass is 10.0. The minimum atomic E-state index is -1.86. The first-order valence-corrected chi connectivity index (χ1v) is 8.96. The SMILES string of the molecule is Cn1cnc(C(=O)N2CCN(C3=NC(=O)C(F)C(c4ccccc4)=N3)CC2)c1. The number of guanidine groups is 1. The molecule has 0 bridgehead atoms. The van der Waals surface area contributed by atoms with E-state index in [-0.39, 0.29) is 17.6 Å². The van der Waals surface area contributed by atoms with Crippen LogP contribution in [0.2, 0.25) is 0 Å². The number of piperazine rings is 1. The number of benzene rings is 1. The van der Waals surface area contributed by atoms with Gasteiger partial charge >= 0.3 is 0 Å². The Morgan fingerprint density at radius 1 is 1.11 bits per heavy atom. The topological polar surface area (TPSA) is 83.2 Å². The standard InChI is InChI=1S/C19H19FN6O2/c1-24-11-14(21-12-24)18(28)25-7-9-26(10-8-25)19-22-16(15(20)17(27)23-19)13-5-3-2-4-6-13/h2-6,11-12,15H,7-10H2,1H3. The van der Waals surface area contributed by atoms with Crippen molar-refractivity contribution in [1.29, 1.82) is 0 Å². The quantitative estimate of drug-likeness (QED) is 0.773. The number of amides is 2. The second-order valence-electron chi connectivity index (χ2n) is 6.68. The summed E-state index contributed by atoms with van der Waals surface area (Å²) in [5.74, 6) is -0.794. The number of halogens is 1. The van der Waals surface area contributed by atoms with Gasteiger partial charge in [0.2, 0.25) is 12.1 Å². The number of aryl methyl sites for hydroxylation is 1. The summed E-state index contributed by atoms with van der Waals surface area (Å²) in [5, 5.41) is 0. The molecule has 2 aliphatic heterocycles. The van der Waals surface area contributed by atoms with Crippen LogP contribution < -0.4 is 0 Å². The average Bonchev–Trinajstić information content (AvgIpc) is 3.16. The molecule has 0 aliphatic carbocycles. The zero-order valence-electron chi connectivity index (χ0n) is 15.3. The van der Waals surface area contributed by atoms with Crippen molar-refractivity contribution in [3.05, 3.63) is 54.1 Å². The molecule has 0 saturated carbocycles. The third kappa shape index (κ3) is 3.42. The molecule has 2 amide bonds. The maximum atomic E-state index is 14.4. The maximum absolute atomic E-state index is 14.4. The van der Waals surface area contributed by atoms with Gasteiger partial charge in [0, 0.05) is 39.4 Å². The van der Waals surface area contributed by atoms with Gasteiger partial charge in [0.25, 0.3) is 11.8 Å². The van der Waals surface area contributed by atoms with E-state index in [2.05, 4.69) is 15.0 Å². The van der Waals surface area contributed by atoms with Gasteiger partial charge < -0.3 is 14.4 Å². The third-order valence-electron chi connectivity index (χ3n) is 4.73. The van der Waals surface area contributed by atoms with Crippen LogP contribution >= 0.6 is 0 Å². The molecule has 0 spiro atoms. The predicted molar refractivity (Wildman–Crippen MR) is 101 cm³/mol. The van der Waals surface area contributed by atoms with Crippen LogP contribution in [-0.4, -0.2) is 75.2 Å². The van der Waals surface area contributed by atoms with Gasteiger partial charge in [-0.2, -0.15) is 4.99 Å². The van der Waals surface area contributed by atoms with E-state index >= 15 is 0 Å². The van der Waals surface area contributed by atoms with Crippen LogP contribution in [0, 0.1) is 0 Å².